The van der Waals surface area contributed by atoms with Crippen molar-refractivity contribution < 1.29 is 4.79 Å². The lowest BCUT2D eigenvalue weighted by molar-refractivity contribution is 0.0966. The van der Waals surface area contributed by atoms with E-state index >= 15 is 0 Å². The standard InChI is InChI=1S/C25H24BrN3OS/c26-22-14-8-7-13-21(22)24(30)27-25(31)29-17-15-28(16-18-29)23(19-9-3-1-4-10-19)20-11-5-2-6-12-20/h1-14,23H,15-18H2,(H,27,30,31). The lowest BCUT2D eigenvalue weighted by Crippen LogP contribution is -2.53. The van der Waals surface area contributed by atoms with Gasteiger partial charge in [-0.1, -0.05) is 72.8 Å². The maximum atomic E-state index is 12.6. The number of nitrogens with one attached hydrogen (secondary N) is 1. The van der Waals surface area contributed by atoms with Gasteiger partial charge in [0.25, 0.3) is 5.91 Å². The summed E-state index contributed by atoms with van der Waals surface area (Å²) in [6.45, 7) is 3.26. The summed E-state index contributed by atoms with van der Waals surface area (Å²) >= 11 is 8.97. The van der Waals surface area contributed by atoms with E-state index in [-0.39, 0.29) is 11.9 Å². The third-order valence-electron chi connectivity index (χ3n) is 5.54. The van der Waals surface area contributed by atoms with E-state index in [0.717, 1.165) is 30.7 Å². The molecule has 4 rings (SSSR count). The average Bonchev–Trinajstić information content (AvgIpc) is 2.81. The molecule has 0 bridgehead atoms. The van der Waals surface area contributed by atoms with Gasteiger partial charge in [-0.3, -0.25) is 15.0 Å². The Kier molecular flexibility index (Phi) is 7.12. The summed E-state index contributed by atoms with van der Waals surface area (Å²) in [5.74, 6) is -0.189. The highest BCUT2D eigenvalue weighted by Crippen LogP contribution is 2.29. The van der Waals surface area contributed by atoms with E-state index in [4.69, 9.17) is 12.2 Å². The minimum absolute atomic E-state index is 0.189. The van der Waals surface area contributed by atoms with E-state index in [1.807, 2.05) is 18.2 Å². The maximum Gasteiger partial charge on any atom is 0.258 e. The summed E-state index contributed by atoms with van der Waals surface area (Å²) in [5.41, 5.74) is 3.15. The zero-order chi connectivity index (χ0) is 21.6. The number of benzene rings is 3. The molecule has 0 aromatic heterocycles. The van der Waals surface area contributed by atoms with Crippen LogP contribution in [-0.2, 0) is 0 Å². The van der Waals surface area contributed by atoms with Gasteiger partial charge in [-0.15, -0.1) is 0 Å². The molecule has 1 fully saturated rings. The molecule has 6 heteroatoms. The van der Waals surface area contributed by atoms with Crippen molar-refractivity contribution in [2.75, 3.05) is 26.2 Å². The number of amides is 1. The number of piperazine rings is 1. The van der Waals surface area contributed by atoms with E-state index < -0.39 is 0 Å². The molecule has 0 atom stereocenters. The molecule has 1 amide bonds. The first-order valence-corrected chi connectivity index (χ1v) is 11.5. The van der Waals surface area contributed by atoms with Gasteiger partial charge < -0.3 is 4.90 Å². The molecule has 1 aliphatic rings. The Balaban J connectivity index is 1.42. The molecule has 0 aliphatic carbocycles. The molecule has 0 radical (unpaired) electrons. The molecule has 3 aromatic carbocycles. The molecule has 0 saturated carbocycles. The first-order valence-electron chi connectivity index (χ1n) is 10.3. The number of rotatable bonds is 4. The van der Waals surface area contributed by atoms with Crippen molar-refractivity contribution in [3.05, 3.63) is 106 Å². The molecule has 0 spiro atoms. The van der Waals surface area contributed by atoms with Crippen LogP contribution in [0.2, 0.25) is 0 Å². The van der Waals surface area contributed by atoms with Crippen LogP contribution in [0, 0.1) is 0 Å². The molecule has 31 heavy (non-hydrogen) atoms. The topological polar surface area (TPSA) is 35.6 Å². The van der Waals surface area contributed by atoms with Crippen molar-refractivity contribution in [3.8, 4) is 0 Å². The number of hydrogen-bond donors (Lipinski definition) is 1. The molecule has 0 unspecified atom stereocenters. The van der Waals surface area contributed by atoms with Gasteiger partial charge in [-0.05, 0) is 51.4 Å². The summed E-state index contributed by atoms with van der Waals surface area (Å²) in [5, 5.41) is 3.37. The molecular weight excluding hydrogens is 470 g/mol. The molecule has 1 aliphatic heterocycles. The number of halogens is 1. The van der Waals surface area contributed by atoms with Crippen LogP contribution in [0.4, 0.5) is 0 Å². The fourth-order valence-electron chi connectivity index (χ4n) is 3.96. The summed E-state index contributed by atoms with van der Waals surface area (Å²) in [4.78, 5) is 17.2. The molecule has 4 nitrogen and oxygen atoms in total. The molecule has 158 valence electrons. The van der Waals surface area contributed by atoms with Crippen molar-refractivity contribution in [1.29, 1.82) is 0 Å². The van der Waals surface area contributed by atoms with E-state index in [1.165, 1.54) is 11.1 Å². The number of carbonyl (C=O) groups is 1. The minimum Gasteiger partial charge on any atom is -0.346 e. The van der Waals surface area contributed by atoms with E-state index in [9.17, 15) is 4.79 Å². The lowest BCUT2D eigenvalue weighted by atomic mass is 9.96. The highest BCUT2D eigenvalue weighted by atomic mass is 79.9. The second-order valence-corrected chi connectivity index (χ2v) is 8.73. The van der Waals surface area contributed by atoms with Crippen LogP contribution in [0.15, 0.2) is 89.4 Å². The molecule has 1 N–H and O–H groups in total. The Labute approximate surface area is 197 Å². The predicted octanol–water partition coefficient (Wildman–Crippen LogP) is 4.87. The number of carbonyl (C=O) groups excluding carboxylic acids is 1. The Morgan fingerprint density at radius 1 is 0.806 bits per heavy atom. The lowest BCUT2D eigenvalue weighted by Gasteiger charge is -2.40. The van der Waals surface area contributed by atoms with Gasteiger partial charge in [0, 0.05) is 30.7 Å². The molecule has 1 heterocycles. The van der Waals surface area contributed by atoms with Gasteiger partial charge in [0.05, 0.1) is 11.6 Å². The zero-order valence-electron chi connectivity index (χ0n) is 17.1. The second kappa shape index (κ2) is 10.2. The highest BCUT2D eigenvalue weighted by Gasteiger charge is 2.27. The maximum absolute atomic E-state index is 12.6. The third kappa shape index (κ3) is 5.21. The Hall–Kier alpha value is -2.54. The zero-order valence-corrected chi connectivity index (χ0v) is 19.5. The second-order valence-electron chi connectivity index (χ2n) is 7.49. The summed E-state index contributed by atoms with van der Waals surface area (Å²) in [7, 11) is 0. The Bertz CT molecular complexity index is 997. The Morgan fingerprint density at radius 3 is 1.87 bits per heavy atom. The normalized spacial score (nSPS) is 14.5. The van der Waals surface area contributed by atoms with Crippen LogP contribution < -0.4 is 5.32 Å². The van der Waals surface area contributed by atoms with Gasteiger partial charge in [0.15, 0.2) is 5.11 Å². The first kappa shape index (κ1) is 21.7. The summed E-state index contributed by atoms with van der Waals surface area (Å²) in [6, 6.07) is 28.8. The molecule has 1 saturated heterocycles. The Morgan fingerprint density at radius 2 is 1.32 bits per heavy atom. The van der Waals surface area contributed by atoms with Crippen LogP contribution in [0.3, 0.4) is 0 Å². The van der Waals surface area contributed by atoms with E-state index in [1.54, 1.807) is 6.07 Å². The highest BCUT2D eigenvalue weighted by molar-refractivity contribution is 9.10. The van der Waals surface area contributed by atoms with Gasteiger partial charge in [0.2, 0.25) is 0 Å². The van der Waals surface area contributed by atoms with Gasteiger partial charge in [-0.2, -0.15) is 0 Å². The first-order chi connectivity index (χ1) is 15.1. The van der Waals surface area contributed by atoms with E-state index in [2.05, 4.69) is 91.7 Å². The van der Waals surface area contributed by atoms with Gasteiger partial charge in [-0.25, -0.2) is 0 Å². The van der Waals surface area contributed by atoms with Crippen molar-refractivity contribution in [1.82, 2.24) is 15.1 Å². The van der Waals surface area contributed by atoms with Crippen molar-refractivity contribution >= 4 is 39.2 Å². The van der Waals surface area contributed by atoms with E-state index in [0.29, 0.717) is 10.7 Å². The minimum atomic E-state index is -0.189. The smallest absolute Gasteiger partial charge is 0.258 e. The van der Waals surface area contributed by atoms with Crippen LogP contribution >= 0.6 is 28.1 Å². The summed E-state index contributed by atoms with van der Waals surface area (Å²) < 4.78 is 0.758. The number of nitrogens with zero attached hydrogens (tertiary/aromatic N) is 2. The molecular formula is C25H24BrN3OS. The molecule has 3 aromatic rings. The van der Waals surface area contributed by atoms with Crippen molar-refractivity contribution in [3.63, 3.8) is 0 Å². The van der Waals surface area contributed by atoms with Crippen LogP contribution in [0.1, 0.15) is 27.5 Å². The monoisotopic (exact) mass is 493 g/mol. The van der Waals surface area contributed by atoms with Crippen molar-refractivity contribution in [2.45, 2.75) is 6.04 Å². The number of thiocarbonyl (C=S) groups is 1. The quantitative estimate of drug-likeness (QED) is 0.525. The van der Waals surface area contributed by atoms with Crippen LogP contribution in [-0.4, -0.2) is 47.0 Å². The summed E-state index contributed by atoms with van der Waals surface area (Å²) in [6.07, 6.45) is 0. The largest absolute Gasteiger partial charge is 0.346 e. The predicted molar refractivity (Wildman–Crippen MR) is 132 cm³/mol. The fraction of sp³-hybridized carbons (Fsp3) is 0.200. The van der Waals surface area contributed by atoms with Gasteiger partial charge in [0.1, 0.15) is 0 Å². The fourth-order valence-corrected chi connectivity index (χ4v) is 4.70. The SMILES string of the molecule is O=C(NC(=S)N1CCN(C(c2ccccc2)c2ccccc2)CC1)c1ccccc1Br. The number of hydrogen-bond acceptors (Lipinski definition) is 3. The van der Waals surface area contributed by atoms with Crippen molar-refractivity contribution in [2.24, 2.45) is 0 Å². The van der Waals surface area contributed by atoms with Crippen LogP contribution in [0.5, 0.6) is 0 Å². The van der Waals surface area contributed by atoms with Gasteiger partial charge >= 0.3 is 0 Å². The van der Waals surface area contributed by atoms with Crippen LogP contribution in [0.25, 0.3) is 0 Å². The third-order valence-corrected chi connectivity index (χ3v) is 6.59. The average molecular weight is 494 g/mol.